The van der Waals surface area contributed by atoms with Crippen molar-refractivity contribution in [1.29, 1.82) is 0 Å². The van der Waals surface area contributed by atoms with Crippen molar-refractivity contribution in [3.63, 3.8) is 0 Å². The predicted octanol–water partition coefficient (Wildman–Crippen LogP) is 3.62. The summed E-state index contributed by atoms with van der Waals surface area (Å²) in [6.07, 6.45) is -1.98. The maximum absolute atomic E-state index is 12.8. The van der Waals surface area contributed by atoms with E-state index < -0.39 is 17.9 Å². The zero-order valence-corrected chi connectivity index (χ0v) is 13.7. The zero-order chi connectivity index (χ0) is 17.4. The van der Waals surface area contributed by atoms with Crippen LogP contribution in [0, 0.1) is 12.3 Å². The van der Waals surface area contributed by atoms with Gasteiger partial charge in [0.2, 0.25) is 5.82 Å². The van der Waals surface area contributed by atoms with E-state index in [4.69, 9.17) is 0 Å². The van der Waals surface area contributed by atoms with Crippen molar-refractivity contribution in [2.24, 2.45) is 5.41 Å². The summed E-state index contributed by atoms with van der Waals surface area (Å²) in [4.78, 5) is 20.7. The molecule has 7 heteroatoms. The summed E-state index contributed by atoms with van der Waals surface area (Å²) in [7, 11) is 0. The first-order valence-electron chi connectivity index (χ1n) is 7.40. The number of aryl methyl sites for hydroxylation is 1. The third-order valence-corrected chi connectivity index (χ3v) is 3.79. The van der Waals surface area contributed by atoms with Crippen molar-refractivity contribution in [2.45, 2.75) is 40.3 Å². The summed E-state index contributed by atoms with van der Waals surface area (Å²) < 4.78 is 38.3. The van der Waals surface area contributed by atoms with Gasteiger partial charge in [0.25, 0.3) is 5.91 Å². The molecular formula is C16H20F3N3O. The number of amides is 1. The molecule has 0 fully saturated rings. The van der Waals surface area contributed by atoms with Crippen LogP contribution in [0.15, 0.2) is 17.7 Å². The first kappa shape index (κ1) is 17.4. The lowest BCUT2D eigenvalue weighted by Gasteiger charge is -2.32. The molecule has 0 atom stereocenters. The Morgan fingerprint density at radius 3 is 2.35 bits per heavy atom. The van der Waals surface area contributed by atoms with Crippen LogP contribution < -0.4 is 0 Å². The number of hydrogen-bond donors (Lipinski definition) is 0. The maximum atomic E-state index is 12.8. The van der Waals surface area contributed by atoms with Gasteiger partial charge in [0, 0.05) is 18.8 Å². The average Bonchev–Trinajstić information content (AvgIpc) is 2.44. The fourth-order valence-corrected chi connectivity index (χ4v) is 2.50. The van der Waals surface area contributed by atoms with E-state index in [2.05, 4.69) is 30.7 Å². The summed E-state index contributed by atoms with van der Waals surface area (Å²) in [6.45, 7) is 8.57. The number of carbonyl (C=O) groups excluding carboxylic acids is 1. The summed E-state index contributed by atoms with van der Waals surface area (Å²) in [5.41, 5.74) is 1.19. The third kappa shape index (κ3) is 4.09. The Hall–Kier alpha value is -1.92. The Balaban J connectivity index is 2.23. The highest BCUT2D eigenvalue weighted by Gasteiger charge is 2.36. The Bertz CT molecular complexity index is 645. The van der Waals surface area contributed by atoms with Crippen LogP contribution in [-0.4, -0.2) is 33.9 Å². The van der Waals surface area contributed by atoms with Crippen molar-refractivity contribution in [2.75, 3.05) is 13.1 Å². The normalized spacial score (nSPS) is 16.3. The van der Waals surface area contributed by atoms with Gasteiger partial charge in [0.1, 0.15) is 5.69 Å². The largest absolute Gasteiger partial charge is 0.451 e. The summed E-state index contributed by atoms with van der Waals surface area (Å²) in [5.74, 6) is -1.77. The quantitative estimate of drug-likeness (QED) is 0.740. The fourth-order valence-electron chi connectivity index (χ4n) is 2.50. The van der Waals surface area contributed by atoms with E-state index in [0.717, 1.165) is 0 Å². The highest BCUT2D eigenvalue weighted by Crippen LogP contribution is 2.30. The van der Waals surface area contributed by atoms with E-state index in [1.54, 1.807) is 0 Å². The molecule has 0 unspecified atom stereocenters. The van der Waals surface area contributed by atoms with Gasteiger partial charge in [0.15, 0.2) is 0 Å². The summed E-state index contributed by atoms with van der Waals surface area (Å²) in [6, 6.07) is 1.29. The lowest BCUT2D eigenvalue weighted by Crippen LogP contribution is -2.37. The van der Waals surface area contributed by atoms with Crippen LogP contribution in [0.4, 0.5) is 13.2 Å². The van der Waals surface area contributed by atoms with Crippen LogP contribution in [0.2, 0.25) is 0 Å². The van der Waals surface area contributed by atoms with Crippen molar-refractivity contribution in [1.82, 2.24) is 14.9 Å². The Morgan fingerprint density at radius 2 is 1.87 bits per heavy atom. The topological polar surface area (TPSA) is 46.1 Å². The number of hydrogen-bond acceptors (Lipinski definition) is 3. The molecule has 0 spiro atoms. The molecule has 0 aromatic carbocycles. The maximum Gasteiger partial charge on any atom is 0.451 e. The molecule has 1 amide bonds. The minimum atomic E-state index is -4.66. The number of nitrogens with zero attached hydrogens (tertiary/aromatic N) is 3. The van der Waals surface area contributed by atoms with E-state index >= 15 is 0 Å². The van der Waals surface area contributed by atoms with Crippen LogP contribution in [0.25, 0.3) is 0 Å². The Kier molecular flexibility index (Phi) is 4.50. The van der Waals surface area contributed by atoms with Gasteiger partial charge < -0.3 is 4.90 Å². The molecule has 2 heterocycles. The van der Waals surface area contributed by atoms with Crippen molar-refractivity contribution in [3.8, 4) is 0 Å². The standard InChI is InChI=1S/C16H20F3N3O/c1-10-9-12(21-14(20-10)16(17,18)19)13(23)22-7-5-11(6-8-22)15(2,3)4/h5,9H,6-8H2,1-4H3. The van der Waals surface area contributed by atoms with E-state index in [0.29, 0.717) is 19.5 Å². The molecule has 0 N–H and O–H groups in total. The molecule has 0 saturated heterocycles. The second-order valence-electron chi connectivity index (χ2n) is 6.70. The molecule has 1 aromatic rings. The van der Waals surface area contributed by atoms with Gasteiger partial charge in [-0.1, -0.05) is 32.4 Å². The van der Waals surface area contributed by atoms with Gasteiger partial charge in [-0.3, -0.25) is 4.79 Å². The van der Waals surface area contributed by atoms with Crippen molar-refractivity contribution < 1.29 is 18.0 Å². The summed E-state index contributed by atoms with van der Waals surface area (Å²) in [5, 5.41) is 0. The highest BCUT2D eigenvalue weighted by molar-refractivity contribution is 5.92. The number of carbonyl (C=O) groups is 1. The molecule has 0 radical (unpaired) electrons. The molecule has 1 aromatic heterocycles. The number of aromatic nitrogens is 2. The van der Waals surface area contributed by atoms with Crippen LogP contribution in [0.3, 0.4) is 0 Å². The lowest BCUT2D eigenvalue weighted by atomic mass is 9.83. The van der Waals surface area contributed by atoms with E-state index in [1.165, 1.54) is 23.5 Å². The van der Waals surface area contributed by atoms with Crippen LogP contribution >= 0.6 is 0 Å². The fraction of sp³-hybridized carbons (Fsp3) is 0.562. The average molecular weight is 327 g/mol. The predicted molar refractivity (Wildman–Crippen MR) is 79.8 cm³/mol. The van der Waals surface area contributed by atoms with E-state index in [1.807, 2.05) is 6.08 Å². The zero-order valence-electron chi connectivity index (χ0n) is 13.7. The van der Waals surface area contributed by atoms with Gasteiger partial charge in [-0.25, -0.2) is 9.97 Å². The van der Waals surface area contributed by atoms with Gasteiger partial charge in [-0.2, -0.15) is 13.2 Å². The number of alkyl halides is 3. The van der Waals surface area contributed by atoms with Gasteiger partial charge in [-0.15, -0.1) is 0 Å². The molecule has 0 bridgehead atoms. The smallest absolute Gasteiger partial charge is 0.333 e. The second-order valence-corrected chi connectivity index (χ2v) is 6.70. The third-order valence-electron chi connectivity index (χ3n) is 3.79. The Morgan fingerprint density at radius 1 is 1.22 bits per heavy atom. The number of rotatable bonds is 1. The van der Waals surface area contributed by atoms with Gasteiger partial charge in [0.05, 0.1) is 0 Å². The van der Waals surface area contributed by atoms with Crippen molar-refractivity contribution in [3.05, 3.63) is 34.9 Å². The second kappa shape index (κ2) is 5.94. The SMILES string of the molecule is Cc1cc(C(=O)N2CC=C(C(C)(C)C)CC2)nc(C(F)(F)F)n1. The molecule has 1 aliphatic heterocycles. The van der Waals surface area contributed by atoms with E-state index in [-0.39, 0.29) is 16.8 Å². The molecule has 2 rings (SSSR count). The lowest BCUT2D eigenvalue weighted by molar-refractivity contribution is -0.145. The molecule has 126 valence electrons. The molecular weight excluding hydrogens is 307 g/mol. The minimum absolute atomic E-state index is 0.0318. The Labute approximate surface area is 133 Å². The monoisotopic (exact) mass is 327 g/mol. The number of halogens is 3. The van der Waals surface area contributed by atoms with Crippen LogP contribution in [-0.2, 0) is 6.18 Å². The van der Waals surface area contributed by atoms with Crippen molar-refractivity contribution >= 4 is 5.91 Å². The molecule has 0 aliphatic carbocycles. The van der Waals surface area contributed by atoms with E-state index in [9.17, 15) is 18.0 Å². The first-order valence-corrected chi connectivity index (χ1v) is 7.40. The molecule has 23 heavy (non-hydrogen) atoms. The van der Waals surface area contributed by atoms with Crippen LogP contribution in [0.5, 0.6) is 0 Å². The summed E-state index contributed by atoms with van der Waals surface area (Å²) >= 11 is 0. The van der Waals surface area contributed by atoms with Gasteiger partial charge in [-0.05, 0) is 24.8 Å². The molecule has 0 saturated carbocycles. The highest BCUT2D eigenvalue weighted by atomic mass is 19.4. The minimum Gasteiger partial charge on any atom is -0.333 e. The van der Waals surface area contributed by atoms with Crippen LogP contribution in [0.1, 0.15) is 49.2 Å². The van der Waals surface area contributed by atoms with Gasteiger partial charge >= 0.3 is 6.18 Å². The molecule has 4 nitrogen and oxygen atoms in total. The molecule has 1 aliphatic rings. The first-order chi connectivity index (χ1) is 10.5.